The van der Waals surface area contributed by atoms with E-state index in [4.69, 9.17) is 4.74 Å². The summed E-state index contributed by atoms with van der Waals surface area (Å²) in [6.45, 7) is 2.82. The summed E-state index contributed by atoms with van der Waals surface area (Å²) < 4.78 is 5.42. The monoisotopic (exact) mass is 317 g/mol. The van der Waals surface area contributed by atoms with Crippen LogP contribution in [0.2, 0.25) is 0 Å². The molecular formula is C17H23N3O3. The molecule has 1 fully saturated rings. The Morgan fingerprint density at radius 1 is 1.43 bits per heavy atom. The third-order valence-corrected chi connectivity index (χ3v) is 4.50. The Kier molecular flexibility index (Phi) is 4.81. The largest absolute Gasteiger partial charge is 0.381 e. The first-order valence-corrected chi connectivity index (χ1v) is 8.15. The third-order valence-electron chi connectivity index (χ3n) is 4.50. The van der Waals surface area contributed by atoms with Crippen molar-refractivity contribution < 1.29 is 14.3 Å². The molecule has 0 aliphatic carbocycles. The summed E-state index contributed by atoms with van der Waals surface area (Å²) in [7, 11) is 1.80. The number of nitrogens with one attached hydrogen (secondary N) is 2. The van der Waals surface area contributed by atoms with Crippen LogP contribution in [0, 0.1) is 5.92 Å². The van der Waals surface area contributed by atoms with Crippen LogP contribution in [-0.2, 0) is 11.2 Å². The number of hydrogen-bond donors (Lipinski definition) is 2. The van der Waals surface area contributed by atoms with E-state index >= 15 is 0 Å². The maximum absolute atomic E-state index is 12.2. The van der Waals surface area contributed by atoms with Gasteiger partial charge in [-0.2, -0.15) is 0 Å². The number of anilines is 1. The van der Waals surface area contributed by atoms with Crippen molar-refractivity contribution in [2.45, 2.75) is 19.3 Å². The number of nitrogens with zero attached hydrogens (tertiary/aromatic N) is 1. The van der Waals surface area contributed by atoms with Gasteiger partial charge in [0.25, 0.3) is 5.91 Å². The molecule has 2 N–H and O–H groups in total. The fourth-order valence-electron chi connectivity index (χ4n) is 3.13. The zero-order chi connectivity index (χ0) is 16.2. The number of amides is 3. The molecule has 6 nitrogen and oxygen atoms in total. The molecule has 3 amide bonds. The molecule has 0 radical (unpaired) electrons. The Morgan fingerprint density at radius 2 is 2.30 bits per heavy atom. The van der Waals surface area contributed by atoms with Gasteiger partial charge in [-0.05, 0) is 42.9 Å². The third kappa shape index (κ3) is 3.64. The minimum absolute atomic E-state index is 0.00895. The number of urea groups is 1. The average Bonchev–Trinajstić information content (AvgIpc) is 2.58. The van der Waals surface area contributed by atoms with E-state index in [2.05, 4.69) is 10.6 Å². The topological polar surface area (TPSA) is 70.7 Å². The van der Waals surface area contributed by atoms with Crippen molar-refractivity contribution in [2.75, 3.05) is 38.7 Å². The Morgan fingerprint density at radius 3 is 3.09 bits per heavy atom. The van der Waals surface area contributed by atoms with Crippen LogP contribution in [0.1, 0.15) is 28.8 Å². The van der Waals surface area contributed by atoms with E-state index in [1.807, 2.05) is 12.1 Å². The molecular weight excluding hydrogens is 294 g/mol. The number of ether oxygens (including phenoxy) is 1. The lowest BCUT2D eigenvalue weighted by atomic mass is 9.97. The highest BCUT2D eigenvalue weighted by atomic mass is 16.5. The maximum Gasteiger partial charge on any atom is 0.319 e. The van der Waals surface area contributed by atoms with Gasteiger partial charge < -0.3 is 20.3 Å². The number of carbonyl (C=O) groups is 2. The molecule has 23 heavy (non-hydrogen) atoms. The molecule has 1 aromatic carbocycles. The predicted octanol–water partition coefficient (Wildman–Crippen LogP) is 1.86. The summed E-state index contributed by atoms with van der Waals surface area (Å²) in [5, 5.41) is 5.79. The highest BCUT2D eigenvalue weighted by Crippen LogP contribution is 2.25. The Labute approximate surface area is 136 Å². The normalized spacial score (nSPS) is 20.8. The summed E-state index contributed by atoms with van der Waals surface area (Å²) >= 11 is 0. The van der Waals surface area contributed by atoms with Crippen molar-refractivity contribution >= 4 is 17.6 Å². The van der Waals surface area contributed by atoms with Gasteiger partial charge in [0.15, 0.2) is 0 Å². The summed E-state index contributed by atoms with van der Waals surface area (Å²) in [5.41, 5.74) is 2.32. The minimum Gasteiger partial charge on any atom is -0.381 e. The summed E-state index contributed by atoms with van der Waals surface area (Å²) in [6.07, 6.45) is 2.89. The van der Waals surface area contributed by atoms with Gasteiger partial charge >= 0.3 is 6.03 Å². The number of benzene rings is 1. The van der Waals surface area contributed by atoms with Gasteiger partial charge in [-0.1, -0.05) is 6.07 Å². The molecule has 1 atom stereocenters. The molecule has 0 aromatic heterocycles. The molecule has 0 saturated carbocycles. The van der Waals surface area contributed by atoms with Crippen molar-refractivity contribution in [1.29, 1.82) is 0 Å². The number of hydrogen-bond acceptors (Lipinski definition) is 3. The standard InChI is InChI=1S/C17H23N3O3/c1-20-8-7-13-14(16(20)21)5-2-6-15(13)19-17(22)18-10-12-4-3-9-23-11-12/h2,5-6,12H,3-4,7-11H2,1H3,(H2,18,19,22). The van der Waals surface area contributed by atoms with E-state index < -0.39 is 0 Å². The van der Waals surface area contributed by atoms with Crippen molar-refractivity contribution in [2.24, 2.45) is 5.92 Å². The van der Waals surface area contributed by atoms with Crippen LogP contribution in [0.5, 0.6) is 0 Å². The first kappa shape index (κ1) is 15.8. The number of fused-ring (bicyclic) bond motifs is 1. The first-order valence-electron chi connectivity index (χ1n) is 8.15. The van der Waals surface area contributed by atoms with Crippen LogP contribution in [0.15, 0.2) is 18.2 Å². The van der Waals surface area contributed by atoms with E-state index in [9.17, 15) is 9.59 Å². The lowest BCUT2D eigenvalue weighted by molar-refractivity contribution is 0.0559. The average molecular weight is 317 g/mol. The molecule has 2 aliphatic rings. The SMILES string of the molecule is CN1CCc2c(NC(=O)NCC3CCCOC3)cccc2C1=O. The molecule has 0 bridgehead atoms. The quantitative estimate of drug-likeness (QED) is 0.894. The molecule has 6 heteroatoms. The predicted molar refractivity (Wildman–Crippen MR) is 87.7 cm³/mol. The first-order chi connectivity index (χ1) is 11.1. The Hall–Kier alpha value is -2.08. The number of likely N-dealkylation sites (N-methyl/N-ethyl adjacent to an activating group) is 1. The molecule has 2 aliphatic heterocycles. The molecule has 3 rings (SSSR count). The fourth-order valence-corrected chi connectivity index (χ4v) is 3.13. The highest BCUT2D eigenvalue weighted by molar-refractivity contribution is 6.00. The van der Waals surface area contributed by atoms with E-state index in [1.165, 1.54) is 0 Å². The minimum atomic E-state index is -0.227. The van der Waals surface area contributed by atoms with Crippen LogP contribution < -0.4 is 10.6 Å². The molecule has 1 unspecified atom stereocenters. The number of carbonyl (C=O) groups excluding carboxylic acids is 2. The molecule has 2 heterocycles. The molecule has 124 valence electrons. The van der Waals surface area contributed by atoms with Gasteiger partial charge in [0, 0.05) is 38.0 Å². The molecule has 0 spiro atoms. The van der Waals surface area contributed by atoms with E-state index in [-0.39, 0.29) is 11.9 Å². The van der Waals surface area contributed by atoms with Gasteiger partial charge in [-0.15, -0.1) is 0 Å². The second-order valence-corrected chi connectivity index (χ2v) is 6.23. The summed E-state index contributed by atoms with van der Waals surface area (Å²) in [5.74, 6) is 0.393. The zero-order valence-corrected chi connectivity index (χ0v) is 13.4. The molecule has 1 saturated heterocycles. The van der Waals surface area contributed by atoms with Gasteiger partial charge in [0.1, 0.15) is 0 Å². The smallest absolute Gasteiger partial charge is 0.319 e. The van der Waals surface area contributed by atoms with Crippen molar-refractivity contribution in [3.05, 3.63) is 29.3 Å². The van der Waals surface area contributed by atoms with Crippen LogP contribution in [0.25, 0.3) is 0 Å². The van der Waals surface area contributed by atoms with Gasteiger partial charge in [-0.3, -0.25) is 4.79 Å². The Balaban J connectivity index is 1.61. The van der Waals surface area contributed by atoms with E-state index in [0.717, 1.165) is 37.1 Å². The maximum atomic E-state index is 12.2. The van der Waals surface area contributed by atoms with Crippen molar-refractivity contribution in [3.8, 4) is 0 Å². The van der Waals surface area contributed by atoms with Crippen LogP contribution in [0.4, 0.5) is 10.5 Å². The summed E-state index contributed by atoms with van der Waals surface area (Å²) in [6, 6.07) is 5.24. The van der Waals surface area contributed by atoms with Crippen molar-refractivity contribution in [1.82, 2.24) is 10.2 Å². The van der Waals surface area contributed by atoms with E-state index in [1.54, 1.807) is 18.0 Å². The van der Waals surface area contributed by atoms with E-state index in [0.29, 0.717) is 31.2 Å². The lowest BCUT2D eigenvalue weighted by Gasteiger charge is -2.26. The molecule has 1 aromatic rings. The summed E-state index contributed by atoms with van der Waals surface area (Å²) in [4.78, 5) is 26.0. The highest BCUT2D eigenvalue weighted by Gasteiger charge is 2.24. The second-order valence-electron chi connectivity index (χ2n) is 6.23. The van der Waals surface area contributed by atoms with Crippen molar-refractivity contribution in [3.63, 3.8) is 0 Å². The Bertz CT molecular complexity index is 597. The fraction of sp³-hybridized carbons (Fsp3) is 0.529. The van der Waals surface area contributed by atoms with Gasteiger partial charge in [0.2, 0.25) is 0 Å². The zero-order valence-electron chi connectivity index (χ0n) is 13.4. The second kappa shape index (κ2) is 7.00. The van der Waals surface area contributed by atoms with Gasteiger partial charge in [0.05, 0.1) is 6.61 Å². The number of rotatable bonds is 3. The van der Waals surface area contributed by atoms with Crippen LogP contribution in [0.3, 0.4) is 0 Å². The lowest BCUT2D eigenvalue weighted by Crippen LogP contribution is -2.37. The van der Waals surface area contributed by atoms with Crippen LogP contribution >= 0.6 is 0 Å². The van der Waals surface area contributed by atoms with Crippen LogP contribution in [-0.4, -0.2) is 50.2 Å². The van der Waals surface area contributed by atoms with Gasteiger partial charge in [-0.25, -0.2) is 4.79 Å².